The summed E-state index contributed by atoms with van der Waals surface area (Å²) in [5.74, 6) is 0.226. The van der Waals surface area contributed by atoms with Crippen molar-refractivity contribution in [3.63, 3.8) is 0 Å². The molecule has 0 radical (unpaired) electrons. The number of H-pyrrole nitrogens is 1. The Kier molecular flexibility index (Phi) is 6.88. The second-order valence-corrected chi connectivity index (χ2v) is 10.0. The number of aryl methyl sites for hydroxylation is 2. The van der Waals surface area contributed by atoms with Crippen molar-refractivity contribution in [3.05, 3.63) is 74.0 Å². The number of aromatic nitrogens is 2. The number of carbonyl (C=O) groups is 2. The van der Waals surface area contributed by atoms with Gasteiger partial charge in [0.25, 0.3) is 5.56 Å². The molecule has 0 aliphatic rings. The number of ketones is 1. The number of nitrogens with zero attached hydrogens (tertiary/aromatic N) is 1. The summed E-state index contributed by atoms with van der Waals surface area (Å²) in [4.78, 5) is 46.1. The second-order valence-electron chi connectivity index (χ2n) is 7.21. The molecule has 1 aromatic carbocycles. The number of ether oxygens (including phenoxy) is 1. The average molecular weight is 485 g/mol. The van der Waals surface area contributed by atoms with Crippen LogP contribution in [0.25, 0.3) is 20.7 Å². The fraction of sp³-hybridized carbons (Fsp3) is 0.217. The monoisotopic (exact) mass is 484 g/mol. The van der Waals surface area contributed by atoms with E-state index < -0.39 is 5.97 Å². The van der Waals surface area contributed by atoms with Crippen molar-refractivity contribution in [3.8, 4) is 10.4 Å². The summed E-state index contributed by atoms with van der Waals surface area (Å²) in [6, 6.07) is 9.54. The number of hydrogen-bond donors (Lipinski definition) is 1. The van der Waals surface area contributed by atoms with Crippen LogP contribution in [0.15, 0.2) is 45.9 Å². The molecule has 0 fully saturated rings. The Hall–Kier alpha value is -2.75. The molecule has 6 nitrogen and oxygen atoms in total. The minimum atomic E-state index is -0.479. The van der Waals surface area contributed by atoms with Gasteiger partial charge < -0.3 is 9.72 Å². The first-order valence-corrected chi connectivity index (χ1v) is 12.7. The summed E-state index contributed by atoms with van der Waals surface area (Å²) in [6.07, 6.45) is 0. The topological polar surface area (TPSA) is 89.1 Å². The van der Waals surface area contributed by atoms with E-state index in [0.717, 1.165) is 21.6 Å². The molecule has 0 unspecified atom stereocenters. The van der Waals surface area contributed by atoms with E-state index in [2.05, 4.69) is 9.97 Å². The molecule has 4 aromatic rings. The predicted molar refractivity (Wildman–Crippen MR) is 131 cm³/mol. The largest absolute Gasteiger partial charge is 0.457 e. The number of hydrogen-bond acceptors (Lipinski definition) is 8. The van der Waals surface area contributed by atoms with E-state index in [9.17, 15) is 14.4 Å². The van der Waals surface area contributed by atoms with Gasteiger partial charge in [-0.2, -0.15) is 0 Å². The van der Waals surface area contributed by atoms with Crippen LogP contribution >= 0.6 is 34.4 Å². The first kappa shape index (κ1) is 22.4. The number of aromatic amines is 1. The van der Waals surface area contributed by atoms with Crippen molar-refractivity contribution in [2.45, 2.75) is 19.6 Å². The van der Waals surface area contributed by atoms with Gasteiger partial charge in [-0.1, -0.05) is 23.8 Å². The van der Waals surface area contributed by atoms with E-state index >= 15 is 0 Å². The number of rotatable bonds is 8. The Labute approximate surface area is 196 Å². The minimum absolute atomic E-state index is 0.0622. The van der Waals surface area contributed by atoms with Gasteiger partial charge in [-0.15, -0.1) is 34.4 Å². The highest BCUT2D eigenvalue weighted by Crippen LogP contribution is 2.33. The Morgan fingerprint density at radius 2 is 2.03 bits per heavy atom. The maximum Gasteiger partial charge on any atom is 0.316 e. The number of esters is 1. The van der Waals surface area contributed by atoms with Gasteiger partial charge in [-0.05, 0) is 36.9 Å². The maximum absolute atomic E-state index is 12.6. The van der Waals surface area contributed by atoms with Gasteiger partial charge in [0.05, 0.1) is 16.9 Å². The molecule has 0 saturated carbocycles. The van der Waals surface area contributed by atoms with Crippen LogP contribution in [-0.4, -0.2) is 34.1 Å². The molecule has 0 amide bonds. The molecule has 3 aromatic heterocycles. The van der Waals surface area contributed by atoms with E-state index in [4.69, 9.17) is 4.74 Å². The first-order chi connectivity index (χ1) is 15.4. The Morgan fingerprint density at radius 3 is 2.81 bits per heavy atom. The Morgan fingerprint density at radius 1 is 1.19 bits per heavy atom. The number of carbonyl (C=O) groups excluding carboxylic acids is 2. The van der Waals surface area contributed by atoms with Crippen LogP contribution in [0.1, 0.15) is 27.3 Å². The Balaban J connectivity index is 1.32. The van der Waals surface area contributed by atoms with Crippen LogP contribution in [0.4, 0.5) is 0 Å². The lowest BCUT2D eigenvalue weighted by Gasteiger charge is -2.07. The fourth-order valence-corrected chi connectivity index (χ4v) is 5.67. The third-order valence-corrected chi connectivity index (χ3v) is 7.49. The molecule has 9 heteroatoms. The van der Waals surface area contributed by atoms with E-state index in [1.165, 1.54) is 23.1 Å². The third-order valence-electron chi connectivity index (χ3n) is 4.80. The first-order valence-electron chi connectivity index (χ1n) is 9.80. The van der Waals surface area contributed by atoms with Crippen LogP contribution in [-0.2, 0) is 15.3 Å². The highest BCUT2D eigenvalue weighted by molar-refractivity contribution is 7.99. The SMILES string of the molecule is Cc1ccc(C)c(C(=O)COC(=O)CSCc2nc3scc(-c4cccs4)c3c(=O)[nH]2)c1. The highest BCUT2D eigenvalue weighted by atomic mass is 32.2. The van der Waals surface area contributed by atoms with Crippen LogP contribution < -0.4 is 5.56 Å². The molecular weight excluding hydrogens is 464 g/mol. The average Bonchev–Trinajstić information content (AvgIpc) is 3.43. The van der Waals surface area contributed by atoms with Crippen LogP contribution in [0.5, 0.6) is 0 Å². The summed E-state index contributed by atoms with van der Waals surface area (Å²) in [5, 5.41) is 4.51. The number of benzene rings is 1. The van der Waals surface area contributed by atoms with Gasteiger partial charge in [-0.25, -0.2) is 4.98 Å². The second kappa shape index (κ2) is 9.81. The zero-order chi connectivity index (χ0) is 22.7. The normalized spacial score (nSPS) is 11.1. The van der Waals surface area contributed by atoms with Crippen molar-refractivity contribution in [1.29, 1.82) is 0 Å². The van der Waals surface area contributed by atoms with Crippen molar-refractivity contribution >= 4 is 56.4 Å². The summed E-state index contributed by atoms with van der Waals surface area (Å²) in [6.45, 7) is 3.48. The lowest BCUT2D eigenvalue weighted by molar-refractivity contribution is -0.139. The van der Waals surface area contributed by atoms with E-state index in [1.807, 2.05) is 48.9 Å². The number of thiophene rings is 2. The lowest BCUT2D eigenvalue weighted by atomic mass is 10.0. The summed E-state index contributed by atoms with van der Waals surface area (Å²) in [7, 11) is 0. The third kappa shape index (κ3) is 5.01. The highest BCUT2D eigenvalue weighted by Gasteiger charge is 2.15. The fourth-order valence-electron chi connectivity index (χ4n) is 3.21. The smallest absolute Gasteiger partial charge is 0.316 e. The number of nitrogens with one attached hydrogen (secondary N) is 1. The van der Waals surface area contributed by atoms with Gasteiger partial charge in [0.1, 0.15) is 10.7 Å². The molecule has 3 heterocycles. The minimum Gasteiger partial charge on any atom is -0.457 e. The Bertz CT molecular complexity index is 1340. The van der Waals surface area contributed by atoms with Crippen LogP contribution in [0.2, 0.25) is 0 Å². The van der Waals surface area contributed by atoms with Gasteiger partial charge in [0.15, 0.2) is 6.61 Å². The van der Waals surface area contributed by atoms with Crippen LogP contribution in [0, 0.1) is 13.8 Å². The van der Waals surface area contributed by atoms with Crippen LogP contribution in [0.3, 0.4) is 0 Å². The summed E-state index contributed by atoms with van der Waals surface area (Å²) in [5.41, 5.74) is 3.11. The molecular formula is C23H20N2O4S3. The van der Waals surface area contributed by atoms with Crippen molar-refractivity contribution in [2.75, 3.05) is 12.4 Å². The molecule has 164 valence electrons. The molecule has 0 spiro atoms. The molecule has 0 bridgehead atoms. The van der Waals surface area contributed by atoms with Crippen molar-refractivity contribution in [1.82, 2.24) is 9.97 Å². The van der Waals surface area contributed by atoms with E-state index in [1.54, 1.807) is 17.4 Å². The molecule has 4 rings (SSSR count). The predicted octanol–water partition coefficient (Wildman–Crippen LogP) is 4.99. The number of Topliss-reactive ketones (excluding diaryl/α,β-unsaturated/α-hetero) is 1. The molecule has 0 saturated heterocycles. The summed E-state index contributed by atoms with van der Waals surface area (Å²) < 4.78 is 5.13. The molecule has 1 N–H and O–H groups in total. The van der Waals surface area contributed by atoms with Gasteiger partial charge in [0.2, 0.25) is 5.78 Å². The van der Waals surface area contributed by atoms with Gasteiger partial charge >= 0.3 is 5.97 Å². The zero-order valence-corrected chi connectivity index (χ0v) is 19.9. The molecule has 32 heavy (non-hydrogen) atoms. The quantitative estimate of drug-likeness (QED) is 0.280. The lowest BCUT2D eigenvalue weighted by Crippen LogP contribution is -2.17. The van der Waals surface area contributed by atoms with Gasteiger partial charge in [-0.3, -0.25) is 14.4 Å². The molecule has 0 aliphatic heterocycles. The van der Waals surface area contributed by atoms with Crippen molar-refractivity contribution in [2.24, 2.45) is 0 Å². The van der Waals surface area contributed by atoms with E-state index in [0.29, 0.717) is 27.4 Å². The molecule has 0 aliphatic carbocycles. The van der Waals surface area contributed by atoms with E-state index in [-0.39, 0.29) is 23.7 Å². The number of fused-ring (bicyclic) bond motifs is 1. The number of thioether (sulfide) groups is 1. The zero-order valence-electron chi connectivity index (χ0n) is 17.5. The standard InChI is InChI=1S/C23H20N2O4S3/c1-13-5-6-14(2)15(8-13)17(26)9-29-20(27)12-30-11-19-24-22(28)21-16(10-32-23(21)25-19)18-4-3-7-31-18/h3-8,10H,9,11-12H2,1-2H3,(H,24,25,28). The van der Waals surface area contributed by atoms with Crippen molar-refractivity contribution < 1.29 is 14.3 Å². The van der Waals surface area contributed by atoms with Gasteiger partial charge in [0, 0.05) is 21.4 Å². The maximum atomic E-state index is 12.6. The molecule has 0 atom stereocenters. The summed E-state index contributed by atoms with van der Waals surface area (Å²) >= 11 is 4.28.